The third kappa shape index (κ3) is 5.29. The summed E-state index contributed by atoms with van der Waals surface area (Å²) >= 11 is 6.23. The standard InChI is InChI=1S/C21H25ClN2O4S/c1-21(2,3)23-20(25)14-28-19-9-8-17(12-18(19)22)29(26,27)24-11-10-15-6-4-5-7-16(15)13-24/h4-9,12H,10-11,13-14H2,1-3H3,(H,23,25). The number of sulfonamides is 1. The molecule has 0 atom stereocenters. The normalized spacial score (nSPS) is 14.9. The smallest absolute Gasteiger partial charge is 0.258 e. The first-order chi connectivity index (χ1) is 13.6. The number of hydrogen-bond donors (Lipinski definition) is 1. The van der Waals surface area contributed by atoms with Crippen LogP contribution >= 0.6 is 11.6 Å². The fourth-order valence-corrected chi connectivity index (χ4v) is 4.93. The third-order valence-corrected chi connectivity index (χ3v) is 6.65. The van der Waals surface area contributed by atoms with Crippen LogP contribution in [0.5, 0.6) is 5.75 Å². The van der Waals surface area contributed by atoms with E-state index in [9.17, 15) is 13.2 Å². The number of benzene rings is 2. The summed E-state index contributed by atoms with van der Waals surface area (Å²) < 4.78 is 33.0. The number of fused-ring (bicyclic) bond motifs is 1. The van der Waals surface area contributed by atoms with Crippen LogP contribution in [0, 0.1) is 0 Å². The van der Waals surface area contributed by atoms with E-state index in [1.807, 2.05) is 45.0 Å². The molecule has 3 rings (SSSR count). The minimum atomic E-state index is -3.69. The van der Waals surface area contributed by atoms with Crippen molar-refractivity contribution < 1.29 is 17.9 Å². The molecule has 0 spiro atoms. The molecule has 0 bridgehead atoms. The predicted octanol–water partition coefficient (Wildman–Crippen LogP) is 3.38. The third-order valence-electron chi connectivity index (χ3n) is 4.51. The van der Waals surface area contributed by atoms with Crippen molar-refractivity contribution in [3.05, 3.63) is 58.6 Å². The van der Waals surface area contributed by atoms with Crippen molar-refractivity contribution in [3.8, 4) is 5.75 Å². The number of carbonyl (C=O) groups is 1. The molecule has 6 nitrogen and oxygen atoms in total. The summed E-state index contributed by atoms with van der Waals surface area (Å²) in [5, 5.41) is 2.93. The monoisotopic (exact) mass is 436 g/mol. The fourth-order valence-electron chi connectivity index (χ4n) is 3.18. The molecular formula is C21H25ClN2O4S. The highest BCUT2D eigenvalue weighted by atomic mass is 35.5. The number of hydrogen-bond acceptors (Lipinski definition) is 4. The minimum Gasteiger partial charge on any atom is -0.482 e. The van der Waals surface area contributed by atoms with Crippen molar-refractivity contribution >= 4 is 27.5 Å². The van der Waals surface area contributed by atoms with Crippen LogP contribution in [0.25, 0.3) is 0 Å². The zero-order chi connectivity index (χ0) is 21.2. The lowest BCUT2D eigenvalue weighted by Gasteiger charge is -2.28. The molecule has 0 aliphatic carbocycles. The average Bonchev–Trinajstić information content (AvgIpc) is 2.65. The Morgan fingerprint density at radius 3 is 2.52 bits per heavy atom. The molecule has 0 saturated heterocycles. The summed E-state index contributed by atoms with van der Waals surface area (Å²) in [6, 6.07) is 12.2. The molecule has 8 heteroatoms. The maximum Gasteiger partial charge on any atom is 0.258 e. The lowest BCUT2D eigenvalue weighted by atomic mass is 10.0. The van der Waals surface area contributed by atoms with Gasteiger partial charge in [-0.25, -0.2) is 8.42 Å². The van der Waals surface area contributed by atoms with Crippen molar-refractivity contribution in [2.75, 3.05) is 13.2 Å². The molecule has 1 amide bonds. The van der Waals surface area contributed by atoms with E-state index in [1.54, 1.807) is 0 Å². The Bertz CT molecular complexity index is 1020. The van der Waals surface area contributed by atoms with Crippen molar-refractivity contribution in [2.24, 2.45) is 0 Å². The number of rotatable bonds is 5. The van der Waals surface area contributed by atoms with Gasteiger partial charge >= 0.3 is 0 Å². The molecule has 156 valence electrons. The zero-order valence-corrected chi connectivity index (χ0v) is 18.3. The van der Waals surface area contributed by atoms with E-state index in [0.717, 1.165) is 5.56 Å². The lowest BCUT2D eigenvalue weighted by molar-refractivity contribution is -0.124. The van der Waals surface area contributed by atoms with Gasteiger partial charge in [0.2, 0.25) is 10.0 Å². The number of carbonyl (C=O) groups excluding carboxylic acids is 1. The van der Waals surface area contributed by atoms with Gasteiger partial charge in [-0.1, -0.05) is 35.9 Å². The molecule has 1 heterocycles. The first-order valence-electron chi connectivity index (χ1n) is 9.36. The fraction of sp³-hybridized carbons (Fsp3) is 0.381. The Labute approximate surface area is 176 Å². The average molecular weight is 437 g/mol. The van der Waals surface area contributed by atoms with E-state index in [4.69, 9.17) is 16.3 Å². The molecule has 0 saturated carbocycles. The second-order valence-electron chi connectivity index (χ2n) is 8.04. The van der Waals surface area contributed by atoms with E-state index >= 15 is 0 Å². The second kappa shape index (κ2) is 8.34. The molecule has 0 unspecified atom stereocenters. The predicted molar refractivity (Wildman–Crippen MR) is 113 cm³/mol. The Hall–Kier alpha value is -2.09. The van der Waals surface area contributed by atoms with Gasteiger partial charge in [-0.15, -0.1) is 0 Å². The molecule has 2 aromatic carbocycles. The van der Waals surface area contributed by atoms with Gasteiger partial charge in [-0.2, -0.15) is 4.31 Å². The topological polar surface area (TPSA) is 75.7 Å². The SMILES string of the molecule is CC(C)(C)NC(=O)COc1ccc(S(=O)(=O)N2CCc3ccccc3C2)cc1Cl. The van der Waals surface area contributed by atoms with Crippen molar-refractivity contribution in [3.63, 3.8) is 0 Å². The molecule has 2 aromatic rings. The maximum absolute atomic E-state index is 13.0. The van der Waals surface area contributed by atoms with Crippen LogP contribution in [0.1, 0.15) is 31.9 Å². The number of halogens is 1. The van der Waals surface area contributed by atoms with Gasteiger partial charge in [0.1, 0.15) is 5.75 Å². The lowest BCUT2D eigenvalue weighted by Crippen LogP contribution is -2.43. The second-order valence-corrected chi connectivity index (χ2v) is 10.4. The Balaban J connectivity index is 1.71. The first-order valence-corrected chi connectivity index (χ1v) is 11.2. The van der Waals surface area contributed by atoms with Gasteiger partial charge < -0.3 is 10.1 Å². The Kier molecular flexibility index (Phi) is 6.22. The summed E-state index contributed by atoms with van der Waals surface area (Å²) in [6.07, 6.45) is 0.674. The van der Waals surface area contributed by atoms with E-state index in [0.29, 0.717) is 19.5 Å². The van der Waals surface area contributed by atoms with Crippen LogP contribution in [0.15, 0.2) is 47.4 Å². The molecule has 1 aliphatic heterocycles. The van der Waals surface area contributed by atoms with Crippen molar-refractivity contribution in [1.29, 1.82) is 0 Å². The molecular weight excluding hydrogens is 412 g/mol. The van der Waals surface area contributed by atoms with Crippen LogP contribution in [0.3, 0.4) is 0 Å². The highest BCUT2D eigenvalue weighted by Gasteiger charge is 2.28. The van der Waals surface area contributed by atoms with Gasteiger partial charge in [0, 0.05) is 18.6 Å². The maximum atomic E-state index is 13.0. The molecule has 0 radical (unpaired) electrons. The van der Waals surface area contributed by atoms with Gasteiger partial charge in [0.15, 0.2) is 6.61 Å². The van der Waals surface area contributed by atoms with E-state index in [-0.39, 0.29) is 33.7 Å². The highest BCUT2D eigenvalue weighted by Crippen LogP contribution is 2.30. The van der Waals surface area contributed by atoms with Crippen LogP contribution in [-0.2, 0) is 27.8 Å². The van der Waals surface area contributed by atoms with Gasteiger partial charge in [-0.3, -0.25) is 4.79 Å². The van der Waals surface area contributed by atoms with Crippen molar-refractivity contribution in [2.45, 2.75) is 44.2 Å². The molecule has 29 heavy (non-hydrogen) atoms. The summed E-state index contributed by atoms with van der Waals surface area (Å²) in [5.74, 6) is -0.0177. The number of nitrogens with zero attached hydrogens (tertiary/aromatic N) is 1. The van der Waals surface area contributed by atoms with E-state index in [2.05, 4.69) is 5.32 Å². The van der Waals surface area contributed by atoms with Crippen LogP contribution in [0.4, 0.5) is 0 Å². The molecule has 1 aliphatic rings. The molecule has 1 N–H and O–H groups in total. The number of ether oxygens (including phenoxy) is 1. The van der Waals surface area contributed by atoms with Gasteiger partial charge in [-0.05, 0) is 56.5 Å². The number of amides is 1. The quantitative estimate of drug-likeness (QED) is 0.779. The van der Waals surface area contributed by atoms with E-state index < -0.39 is 10.0 Å². The first kappa shape index (κ1) is 21.6. The number of nitrogens with one attached hydrogen (secondary N) is 1. The highest BCUT2D eigenvalue weighted by molar-refractivity contribution is 7.89. The van der Waals surface area contributed by atoms with Gasteiger partial charge in [0.25, 0.3) is 5.91 Å². The summed E-state index contributed by atoms with van der Waals surface area (Å²) in [4.78, 5) is 12.0. The zero-order valence-electron chi connectivity index (χ0n) is 16.7. The van der Waals surface area contributed by atoms with Crippen molar-refractivity contribution in [1.82, 2.24) is 9.62 Å². The molecule has 0 fully saturated rings. The van der Waals surface area contributed by atoms with Crippen LogP contribution in [0.2, 0.25) is 5.02 Å². The summed E-state index contributed by atoms with van der Waals surface area (Å²) in [5.41, 5.74) is 1.82. The van der Waals surface area contributed by atoms with Crippen LogP contribution < -0.4 is 10.1 Å². The largest absolute Gasteiger partial charge is 0.482 e. The summed E-state index contributed by atoms with van der Waals surface area (Å²) in [7, 11) is -3.69. The summed E-state index contributed by atoms with van der Waals surface area (Å²) in [6.45, 7) is 6.17. The van der Waals surface area contributed by atoms with Gasteiger partial charge in [0.05, 0.1) is 9.92 Å². The molecule has 0 aromatic heterocycles. The van der Waals surface area contributed by atoms with Crippen LogP contribution in [-0.4, -0.2) is 37.3 Å². The Morgan fingerprint density at radius 2 is 1.86 bits per heavy atom. The van der Waals surface area contributed by atoms with E-state index in [1.165, 1.54) is 28.1 Å². The minimum absolute atomic E-state index is 0.105. The Morgan fingerprint density at radius 1 is 1.17 bits per heavy atom.